The van der Waals surface area contributed by atoms with Crippen LogP contribution in [0.15, 0.2) is 67.3 Å². The van der Waals surface area contributed by atoms with Crippen molar-refractivity contribution in [3.05, 3.63) is 84.2 Å². The van der Waals surface area contributed by atoms with E-state index in [0.717, 1.165) is 23.5 Å². The van der Waals surface area contributed by atoms with Crippen LogP contribution in [0.1, 0.15) is 29.0 Å². The molecule has 3 aromatic heterocycles. The molecule has 0 aromatic carbocycles. The van der Waals surface area contributed by atoms with E-state index in [-0.39, 0.29) is 18.7 Å². The van der Waals surface area contributed by atoms with Crippen molar-refractivity contribution in [3.63, 3.8) is 0 Å². The number of nitrogens with one attached hydrogen (secondary N) is 1. The minimum Gasteiger partial charge on any atom is -0.395 e. The Kier molecular flexibility index (Phi) is 5.13. The van der Waals surface area contributed by atoms with E-state index < -0.39 is 0 Å². The molecule has 0 radical (unpaired) electrons. The van der Waals surface area contributed by atoms with Crippen molar-refractivity contribution in [2.24, 2.45) is 0 Å². The fourth-order valence-corrected chi connectivity index (χ4v) is 3.94. The van der Waals surface area contributed by atoms with E-state index in [9.17, 15) is 5.11 Å². The van der Waals surface area contributed by atoms with Gasteiger partial charge in [0, 0.05) is 43.6 Å². The van der Waals surface area contributed by atoms with Crippen molar-refractivity contribution in [1.82, 2.24) is 24.8 Å². The summed E-state index contributed by atoms with van der Waals surface area (Å²) < 4.78 is 2.21. The fourth-order valence-electron chi connectivity index (χ4n) is 3.60. The second kappa shape index (κ2) is 7.85. The average molecular weight is 379 g/mol. The third kappa shape index (κ3) is 3.56. The zero-order valence-electron chi connectivity index (χ0n) is 14.8. The maximum atomic E-state index is 9.56. The molecule has 6 nitrogen and oxygen atoms in total. The largest absolute Gasteiger partial charge is 0.395 e. The molecule has 27 heavy (non-hydrogen) atoms. The molecule has 3 aromatic rings. The third-order valence-corrected chi connectivity index (χ3v) is 5.13. The predicted molar refractivity (Wildman–Crippen MR) is 107 cm³/mol. The van der Waals surface area contributed by atoms with Gasteiger partial charge in [0.2, 0.25) is 0 Å². The van der Waals surface area contributed by atoms with E-state index in [2.05, 4.69) is 38.2 Å². The molecule has 1 fully saturated rings. The molecule has 1 saturated heterocycles. The molecule has 0 bridgehead atoms. The number of rotatable bonds is 6. The summed E-state index contributed by atoms with van der Waals surface area (Å²) in [6.07, 6.45) is 7.51. The summed E-state index contributed by atoms with van der Waals surface area (Å²) in [4.78, 5) is 10.8. The molecule has 2 N–H and O–H groups in total. The molecule has 1 aliphatic rings. The van der Waals surface area contributed by atoms with Crippen LogP contribution in [0.5, 0.6) is 0 Å². The Morgan fingerprint density at radius 3 is 2.78 bits per heavy atom. The van der Waals surface area contributed by atoms with Gasteiger partial charge in [-0.05, 0) is 48.1 Å². The smallest absolute Gasteiger partial charge is 0.170 e. The van der Waals surface area contributed by atoms with Crippen LogP contribution in [0.4, 0.5) is 0 Å². The van der Waals surface area contributed by atoms with Gasteiger partial charge >= 0.3 is 0 Å². The van der Waals surface area contributed by atoms with Gasteiger partial charge in [0.1, 0.15) is 0 Å². The summed E-state index contributed by atoms with van der Waals surface area (Å²) in [5.74, 6) is 0. The van der Waals surface area contributed by atoms with Crippen LogP contribution in [0.3, 0.4) is 0 Å². The highest BCUT2D eigenvalue weighted by Gasteiger charge is 2.40. The van der Waals surface area contributed by atoms with Crippen LogP contribution in [-0.4, -0.2) is 42.8 Å². The lowest BCUT2D eigenvalue weighted by Crippen LogP contribution is -2.33. The summed E-state index contributed by atoms with van der Waals surface area (Å²) in [6.45, 7) is 1.23. The van der Waals surface area contributed by atoms with E-state index in [0.29, 0.717) is 11.7 Å². The van der Waals surface area contributed by atoms with Crippen molar-refractivity contribution in [1.29, 1.82) is 0 Å². The van der Waals surface area contributed by atoms with E-state index in [1.807, 2.05) is 41.4 Å². The van der Waals surface area contributed by atoms with Crippen molar-refractivity contribution in [2.75, 3.05) is 13.2 Å². The zero-order valence-corrected chi connectivity index (χ0v) is 15.6. The molecule has 4 heterocycles. The molecule has 1 aliphatic heterocycles. The lowest BCUT2D eigenvalue weighted by Gasteiger charge is -2.28. The first-order chi connectivity index (χ1) is 13.3. The SMILES string of the molecule is OCCN1C(=S)N[C@@H](c2ccccn2)[C@@H]1c1cccn1Cc1cccnc1. The Morgan fingerprint density at radius 2 is 2.04 bits per heavy atom. The van der Waals surface area contributed by atoms with Crippen LogP contribution < -0.4 is 5.32 Å². The minimum absolute atomic E-state index is 0.0383. The number of pyridine rings is 2. The average Bonchev–Trinajstić information content (AvgIpc) is 3.28. The van der Waals surface area contributed by atoms with Crippen molar-refractivity contribution in [3.8, 4) is 0 Å². The number of hydrogen-bond donors (Lipinski definition) is 2. The first kappa shape index (κ1) is 17.6. The first-order valence-electron chi connectivity index (χ1n) is 8.91. The molecule has 0 amide bonds. The van der Waals surface area contributed by atoms with Gasteiger partial charge < -0.3 is 19.9 Å². The quantitative estimate of drug-likeness (QED) is 0.641. The van der Waals surface area contributed by atoms with E-state index in [1.54, 1.807) is 12.4 Å². The molecular formula is C20H21N5OS. The second-order valence-corrected chi connectivity index (χ2v) is 6.85. The monoisotopic (exact) mass is 379 g/mol. The molecule has 4 rings (SSSR count). The van der Waals surface area contributed by atoms with Gasteiger partial charge in [0.15, 0.2) is 5.11 Å². The maximum absolute atomic E-state index is 9.56. The van der Waals surface area contributed by atoms with Gasteiger partial charge in [-0.3, -0.25) is 9.97 Å². The topological polar surface area (TPSA) is 66.2 Å². The van der Waals surface area contributed by atoms with E-state index in [4.69, 9.17) is 12.2 Å². The van der Waals surface area contributed by atoms with Gasteiger partial charge in [-0.2, -0.15) is 0 Å². The lowest BCUT2D eigenvalue weighted by molar-refractivity contribution is 0.219. The number of hydrogen-bond acceptors (Lipinski definition) is 4. The van der Waals surface area contributed by atoms with Crippen LogP contribution in [0, 0.1) is 0 Å². The predicted octanol–water partition coefficient (Wildman–Crippen LogP) is 2.29. The van der Waals surface area contributed by atoms with Crippen molar-refractivity contribution in [2.45, 2.75) is 18.6 Å². The standard InChI is InChI=1S/C20H21N5OS/c26-12-11-25-19(18(23-20(25)27)16-6-1-2-9-22-16)17-7-4-10-24(17)14-15-5-3-8-21-13-15/h1-10,13,18-19,26H,11-12,14H2,(H,23,27)/t18-,19-/m0/s1. The number of aliphatic hydroxyl groups is 1. The van der Waals surface area contributed by atoms with Gasteiger partial charge in [0.05, 0.1) is 24.4 Å². The van der Waals surface area contributed by atoms with Gasteiger partial charge in [-0.1, -0.05) is 12.1 Å². The molecule has 138 valence electrons. The number of β-amino-alcohol motifs (C(OH)–C–C–N with tert-alkyl or cyclic N) is 1. The summed E-state index contributed by atoms with van der Waals surface area (Å²) in [5.41, 5.74) is 3.18. The Labute approximate surface area is 163 Å². The summed E-state index contributed by atoms with van der Waals surface area (Å²) in [6, 6.07) is 13.9. The first-order valence-corrected chi connectivity index (χ1v) is 9.31. The molecule has 2 atom stereocenters. The molecular weight excluding hydrogens is 358 g/mol. The van der Waals surface area contributed by atoms with Crippen LogP contribution in [0.25, 0.3) is 0 Å². The second-order valence-electron chi connectivity index (χ2n) is 6.47. The lowest BCUT2D eigenvalue weighted by atomic mass is 10.0. The van der Waals surface area contributed by atoms with Crippen molar-refractivity contribution >= 4 is 17.3 Å². The van der Waals surface area contributed by atoms with Crippen LogP contribution in [-0.2, 0) is 6.54 Å². The Morgan fingerprint density at radius 1 is 1.11 bits per heavy atom. The summed E-state index contributed by atoms with van der Waals surface area (Å²) >= 11 is 5.56. The van der Waals surface area contributed by atoms with E-state index >= 15 is 0 Å². The summed E-state index contributed by atoms with van der Waals surface area (Å²) in [7, 11) is 0. The fraction of sp³-hybridized carbons (Fsp3) is 0.250. The number of nitrogens with zero attached hydrogens (tertiary/aromatic N) is 4. The molecule has 0 spiro atoms. The van der Waals surface area contributed by atoms with Gasteiger partial charge in [-0.25, -0.2) is 0 Å². The highest BCUT2D eigenvalue weighted by Crippen LogP contribution is 2.38. The number of thiocarbonyl (C=S) groups is 1. The van der Waals surface area contributed by atoms with Gasteiger partial charge in [-0.15, -0.1) is 0 Å². The van der Waals surface area contributed by atoms with E-state index in [1.165, 1.54) is 0 Å². The molecule has 0 saturated carbocycles. The highest BCUT2D eigenvalue weighted by atomic mass is 32.1. The molecule has 0 unspecified atom stereocenters. The highest BCUT2D eigenvalue weighted by molar-refractivity contribution is 7.80. The van der Waals surface area contributed by atoms with Crippen LogP contribution in [0.2, 0.25) is 0 Å². The maximum Gasteiger partial charge on any atom is 0.170 e. The number of aromatic nitrogens is 3. The van der Waals surface area contributed by atoms with Crippen molar-refractivity contribution < 1.29 is 5.11 Å². The van der Waals surface area contributed by atoms with Gasteiger partial charge in [0.25, 0.3) is 0 Å². The third-order valence-electron chi connectivity index (χ3n) is 4.78. The van der Waals surface area contributed by atoms with Crippen LogP contribution >= 0.6 is 12.2 Å². The Balaban J connectivity index is 1.72. The summed E-state index contributed by atoms with van der Waals surface area (Å²) in [5, 5.41) is 13.6. The normalized spacial score (nSPS) is 19.3. The number of aliphatic hydroxyl groups excluding tert-OH is 1. The molecule has 7 heteroatoms. The molecule has 0 aliphatic carbocycles. The Hall–Kier alpha value is -2.77. The Bertz CT molecular complexity index is 899. The minimum atomic E-state index is -0.0761. The zero-order chi connectivity index (χ0) is 18.6.